The van der Waals surface area contributed by atoms with Gasteiger partial charge in [-0.2, -0.15) is 0 Å². The summed E-state index contributed by atoms with van der Waals surface area (Å²) < 4.78 is 31.1. The van der Waals surface area contributed by atoms with Crippen molar-refractivity contribution in [1.82, 2.24) is 4.98 Å². The molecule has 0 aliphatic heterocycles. The predicted octanol–water partition coefficient (Wildman–Crippen LogP) is 2.76. The number of hydrogen-bond acceptors (Lipinski definition) is 5. The van der Waals surface area contributed by atoms with Crippen LogP contribution in [0, 0.1) is 21.7 Å². The Balaban J connectivity index is 1.89. The first-order valence-electron chi connectivity index (χ1n) is 5.99. The van der Waals surface area contributed by atoms with Gasteiger partial charge in [0.1, 0.15) is 12.4 Å². The van der Waals surface area contributed by atoms with E-state index in [-0.39, 0.29) is 30.4 Å². The number of nitro groups is 1. The van der Waals surface area contributed by atoms with Crippen LogP contribution in [0.1, 0.15) is 0 Å². The van der Waals surface area contributed by atoms with Crippen LogP contribution >= 0.6 is 0 Å². The van der Waals surface area contributed by atoms with Gasteiger partial charge in [0.2, 0.25) is 5.82 Å². The standard InChI is InChI=1S/C13H11F2N3O3/c14-9-3-4-12(10(15)8-9)21-7-6-17-13-11(18(19)20)2-1-5-16-13/h1-5,8H,6-7H2,(H,16,17). The summed E-state index contributed by atoms with van der Waals surface area (Å²) in [6.07, 6.45) is 1.41. The molecule has 21 heavy (non-hydrogen) atoms. The Morgan fingerprint density at radius 1 is 1.33 bits per heavy atom. The molecule has 110 valence electrons. The highest BCUT2D eigenvalue weighted by molar-refractivity contribution is 5.54. The predicted molar refractivity (Wildman–Crippen MR) is 71.2 cm³/mol. The van der Waals surface area contributed by atoms with Crippen molar-refractivity contribution in [1.29, 1.82) is 0 Å². The van der Waals surface area contributed by atoms with E-state index in [9.17, 15) is 18.9 Å². The number of ether oxygens (including phenoxy) is 1. The molecule has 1 N–H and O–H groups in total. The van der Waals surface area contributed by atoms with E-state index in [1.54, 1.807) is 0 Å². The third kappa shape index (κ3) is 3.85. The van der Waals surface area contributed by atoms with Crippen molar-refractivity contribution in [2.75, 3.05) is 18.5 Å². The van der Waals surface area contributed by atoms with Gasteiger partial charge >= 0.3 is 5.69 Å². The summed E-state index contributed by atoms with van der Waals surface area (Å²) in [5.41, 5.74) is -0.162. The van der Waals surface area contributed by atoms with Crippen molar-refractivity contribution in [3.63, 3.8) is 0 Å². The number of nitrogens with zero attached hydrogens (tertiary/aromatic N) is 2. The molecule has 0 atom stereocenters. The number of rotatable bonds is 6. The summed E-state index contributed by atoms with van der Waals surface area (Å²) in [5.74, 6) is -1.49. The van der Waals surface area contributed by atoms with Crippen molar-refractivity contribution < 1.29 is 18.4 Å². The summed E-state index contributed by atoms with van der Waals surface area (Å²) in [6, 6.07) is 5.74. The minimum absolute atomic E-state index is 0.0380. The van der Waals surface area contributed by atoms with E-state index in [1.165, 1.54) is 24.4 Å². The zero-order valence-corrected chi connectivity index (χ0v) is 10.8. The fourth-order valence-electron chi connectivity index (χ4n) is 1.60. The monoisotopic (exact) mass is 295 g/mol. The van der Waals surface area contributed by atoms with Gasteiger partial charge in [0, 0.05) is 18.3 Å². The molecule has 1 aromatic heterocycles. The normalized spacial score (nSPS) is 10.2. The lowest BCUT2D eigenvalue weighted by Crippen LogP contribution is -2.13. The summed E-state index contributed by atoms with van der Waals surface area (Å²) in [6.45, 7) is 0.213. The van der Waals surface area contributed by atoms with Crippen LogP contribution in [0.25, 0.3) is 0 Å². The molecule has 0 aliphatic rings. The number of pyridine rings is 1. The van der Waals surface area contributed by atoms with Gasteiger partial charge in [0.25, 0.3) is 0 Å². The summed E-state index contributed by atoms with van der Waals surface area (Å²) in [5, 5.41) is 13.5. The maximum absolute atomic E-state index is 13.3. The van der Waals surface area contributed by atoms with Crippen molar-refractivity contribution in [2.45, 2.75) is 0 Å². The molecule has 2 rings (SSSR count). The third-order valence-electron chi connectivity index (χ3n) is 2.53. The van der Waals surface area contributed by atoms with Crippen LogP contribution in [-0.4, -0.2) is 23.1 Å². The molecule has 1 aromatic carbocycles. The SMILES string of the molecule is O=[N+]([O-])c1cccnc1NCCOc1ccc(F)cc1F. The van der Waals surface area contributed by atoms with Crippen LogP contribution in [0.5, 0.6) is 5.75 Å². The van der Waals surface area contributed by atoms with E-state index < -0.39 is 16.6 Å². The molecular weight excluding hydrogens is 284 g/mol. The fourth-order valence-corrected chi connectivity index (χ4v) is 1.60. The van der Waals surface area contributed by atoms with Gasteiger partial charge < -0.3 is 10.1 Å². The van der Waals surface area contributed by atoms with Gasteiger partial charge in [0.15, 0.2) is 11.6 Å². The average Bonchev–Trinajstić information content (AvgIpc) is 2.45. The second-order valence-electron chi connectivity index (χ2n) is 3.98. The van der Waals surface area contributed by atoms with Crippen molar-refractivity contribution in [2.24, 2.45) is 0 Å². The van der Waals surface area contributed by atoms with Gasteiger partial charge in [-0.3, -0.25) is 10.1 Å². The van der Waals surface area contributed by atoms with Crippen LogP contribution in [0.2, 0.25) is 0 Å². The molecule has 0 amide bonds. The largest absolute Gasteiger partial charge is 0.489 e. The topological polar surface area (TPSA) is 77.3 Å². The van der Waals surface area contributed by atoms with E-state index >= 15 is 0 Å². The minimum atomic E-state index is -0.807. The molecule has 0 fully saturated rings. The Morgan fingerprint density at radius 2 is 2.14 bits per heavy atom. The zero-order valence-electron chi connectivity index (χ0n) is 10.8. The van der Waals surface area contributed by atoms with Gasteiger partial charge in [-0.05, 0) is 18.2 Å². The first kappa shape index (κ1) is 14.6. The molecule has 1 heterocycles. The van der Waals surface area contributed by atoms with E-state index in [0.717, 1.165) is 6.07 Å². The summed E-state index contributed by atoms with van der Waals surface area (Å²) in [4.78, 5) is 14.0. The molecule has 0 bridgehead atoms. The first-order chi connectivity index (χ1) is 10.1. The molecule has 0 unspecified atom stereocenters. The molecular formula is C13H11F2N3O3. The van der Waals surface area contributed by atoms with Gasteiger partial charge in [-0.25, -0.2) is 13.8 Å². The van der Waals surface area contributed by atoms with Crippen molar-refractivity contribution >= 4 is 11.5 Å². The number of hydrogen-bond donors (Lipinski definition) is 1. The van der Waals surface area contributed by atoms with Gasteiger partial charge in [0.05, 0.1) is 11.5 Å². The molecule has 6 nitrogen and oxygen atoms in total. The molecule has 0 spiro atoms. The van der Waals surface area contributed by atoms with Crippen LogP contribution in [0.4, 0.5) is 20.3 Å². The zero-order chi connectivity index (χ0) is 15.2. The highest BCUT2D eigenvalue weighted by Gasteiger charge is 2.13. The van der Waals surface area contributed by atoms with Gasteiger partial charge in [-0.15, -0.1) is 0 Å². The number of nitrogens with one attached hydrogen (secondary N) is 1. The molecule has 2 aromatic rings. The number of aromatic nitrogens is 1. The number of halogens is 2. The maximum atomic E-state index is 13.3. The Hall–Kier alpha value is -2.77. The van der Waals surface area contributed by atoms with E-state index in [1.807, 2.05) is 0 Å². The third-order valence-corrected chi connectivity index (χ3v) is 2.53. The van der Waals surface area contributed by atoms with E-state index in [0.29, 0.717) is 6.07 Å². The summed E-state index contributed by atoms with van der Waals surface area (Å²) >= 11 is 0. The second-order valence-corrected chi connectivity index (χ2v) is 3.98. The Labute approximate surface area is 118 Å². The Kier molecular flexibility index (Phi) is 4.60. The van der Waals surface area contributed by atoms with Crippen LogP contribution in [0.3, 0.4) is 0 Å². The highest BCUT2D eigenvalue weighted by Crippen LogP contribution is 2.20. The lowest BCUT2D eigenvalue weighted by Gasteiger charge is -2.08. The first-order valence-corrected chi connectivity index (χ1v) is 5.99. The average molecular weight is 295 g/mol. The molecule has 0 aliphatic carbocycles. The van der Waals surface area contributed by atoms with Crippen molar-refractivity contribution in [3.8, 4) is 5.75 Å². The quantitative estimate of drug-likeness (QED) is 0.503. The smallest absolute Gasteiger partial charge is 0.311 e. The number of anilines is 1. The summed E-state index contributed by atoms with van der Waals surface area (Å²) in [7, 11) is 0. The van der Waals surface area contributed by atoms with E-state index in [2.05, 4.69) is 10.3 Å². The molecule has 0 saturated carbocycles. The van der Waals surface area contributed by atoms with Crippen LogP contribution < -0.4 is 10.1 Å². The van der Waals surface area contributed by atoms with Crippen LogP contribution in [0.15, 0.2) is 36.5 Å². The second kappa shape index (κ2) is 6.60. The molecule has 0 radical (unpaired) electrons. The Morgan fingerprint density at radius 3 is 2.86 bits per heavy atom. The number of benzene rings is 1. The highest BCUT2D eigenvalue weighted by atomic mass is 19.1. The Bertz CT molecular complexity index is 652. The molecule has 8 heteroatoms. The maximum Gasteiger partial charge on any atom is 0.311 e. The lowest BCUT2D eigenvalue weighted by molar-refractivity contribution is -0.384. The van der Waals surface area contributed by atoms with Crippen molar-refractivity contribution in [3.05, 3.63) is 58.3 Å². The molecule has 0 saturated heterocycles. The van der Waals surface area contributed by atoms with Crippen LogP contribution in [-0.2, 0) is 0 Å². The fraction of sp³-hybridized carbons (Fsp3) is 0.154. The van der Waals surface area contributed by atoms with Gasteiger partial charge in [-0.1, -0.05) is 0 Å². The van der Waals surface area contributed by atoms with E-state index in [4.69, 9.17) is 4.74 Å². The minimum Gasteiger partial charge on any atom is -0.489 e. The lowest BCUT2D eigenvalue weighted by atomic mass is 10.3.